The van der Waals surface area contributed by atoms with Crippen molar-refractivity contribution in [3.63, 3.8) is 0 Å². The van der Waals surface area contributed by atoms with Crippen molar-refractivity contribution in [2.24, 2.45) is 5.11 Å². The predicted octanol–water partition coefficient (Wildman–Crippen LogP) is 4.59. The number of hydrogen-bond donors (Lipinski definition) is 2. The summed E-state index contributed by atoms with van der Waals surface area (Å²) in [5, 5.41) is 5.86. The molecule has 2 N–H and O–H groups in total. The number of aromatic amines is 1. The van der Waals surface area contributed by atoms with E-state index in [-0.39, 0.29) is 30.1 Å². The third kappa shape index (κ3) is 10.8. The van der Waals surface area contributed by atoms with Gasteiger partial charge in [-0.3, -0.25) is 28.2 Å². The number of nitrogens with zero attached hydrogens (tertiary/aromatic N) is 4. The molecule has 18 heteroatoms. The van der Waals surface area contributed by atoms with E-state index in [2.05, 4.69) is 20.3 Å². The van der Waals surface area contributed by atoms with E-state index < -0.39 is 66.4 Å². The van der Waals surface area contributed by atoms with Crippen molar-refractivity contribution in [3.8, 4) is 5.75 Å². The van der Waals surface area contributed by atoms with Crippen LogP contribution >= 0.6 is 19.6 Å². The summed E-state index contributed by atoms with van der Waals surface area (Å²) >= 11 is 0.838. The molecule has 16 nitrogen and oxygen atoms in total. The van der Waals surface area contributed by atoms with Crippen LogP contribution in [0.25, 0.3) is 10.4 Å². The van der Waals surface area contributed by atoms with Crippen LogP contribution in [0.4, 0.5) is 4.79 Å². The number of hydrogen-bond acceptors (Lipinski definition) is 12. The van der Waals surface area contributed by atoms with E-state index in [9.17, 15) is 23.7 Å². The van der Waals surface area contributed by atoms with Crippen molar-refractivity contribution < 1.29 is 37.2 Å². The number of amides is 1. The number of carbonyl (C=O) groups excluding carboxylic acids is 2. The second-order valence-corrected chi connectivity index (χ2v) is 14.1. The first-order chi connectivity index (χ1) is 21.0. The number of phosphoric ester groups is 1. The number of carbonyl (C=O) groups is 2. The normalized spacial score (nSPS) is 19.6. The van der Waals surface area contributed by atoms with Crippen LogP contribution in [0, 0.1) is 6.92 Å². The Balaban J connectivity index is 1.66. The summed E-state index contributed by atoms with van der Waals surface area (Å²) in [6, 6.07) is 7.29. The Bertz CT molecular complexity index is 1570. The molecule has 0 spiro atoms. The van der Waals surface area contributed by atoms with E-state index >= 15 is 0 Å². The number of ether oxygens (including phenoxy) is 2. The third-order valence-electron chi connectivity index (χ3n) is 6.11. The van der Waals surface area contributed by atoms with Gasteiger partial charge in [-0.25, -0.2) is 14.2 Å². The van der Waals surface area contributed by atoms with Gasteiger partial charge in [-0.15, -0.1) is 0 Å². The molecule has 2 aromatic rings. The van der Waals surface area contributed by atoms with Crippen molar-refractivity contribution in [2.45, 2.75) is 77.5 Å². The van der Waals surface area contributed by atoms with Crippen molar-refractivity contribution in [1.82, 2.24) is 14.9 Å². The molecular formula is C27H37N6O10PS. The molecular weight excluding hydrogens is 631 g/mol. The van der Waals surface area contributed by atoms with Crippen LogP contribution in [0.1, 0.15) is 52.8 Å². The molecule has 0 radical (unpaired) electrons. The average Bonchev–Trinajstić information content (AvgIpc) is 3.33. The fourth-order valence-corrected chi connectivity index (χ4v) is 6.05. The minimum absolute atomic E-state index is 0.0294. The fraction of sp³-hybridized carbons (Fsp3) is 0.556. The highest BCUT2D eigenvalue weighted by Crippen LogP contribution is 2.50. The van der Waals surface area contributed by atoms with E-state index in [1.54, 1.807) is 39.0 Å². The largest absolute Gasteiger partial charge is 0.530 e. The first kappa shape index (κ1) is 35.9. The van der Waals surface area contributed by atoms with Gasteiger partial charge >= 0.3 is 19.6 Å². The monoisotopic (exact) mass is 668 g/mol. The first-order valence-electron chi connectivity index (χ1n) is 13.9. The van der Waals surface area contributed by atoms with Gasteiger partial charge in [0.25, 0.3) is 5.56 Å². The van der Waals surface area contributed by atoms with Crippen molar-refractivity contribution in [3.05, 3.63) is 73.4 Å². The summed E-state index contributed by atoms with van der Waals surface area (Å²) in [5.74, 6) is 0.209. The molecule has 0 bridgehead atoms. The number of para-hydroxylation sites is 1. The van der Waals surface area contributed by atoms with Crippen molar-refractivity contribution >= 4 is 30.8 Å². The SMILES string of the molecule is Cc1cn([C@H]2C[C@H](N=[N+]=[N-])[C@@H](COP(=O)(OCCSC(=O)C(C)(C)NC(=O)OC(C)(C)C)Oc3ccccc3)O2)c(=O)[nH]c1=O. The Labute approximate surface area is 263 Å². The number of alkyl carbamates (subject to hydrolysis) is 1. The lowest BCUT2D eigenvalue weighted by Crippen LogP contribution is -2.50. The Morgan fingerprint density at radius 1 is 1.20 bits per heavy atom. The van der Waals surface area contributed by atoms with Crippen LogP contribution in [-0.2, 0) is 27.9 Å². The molecule has 1 aliphatic rings. The number of thioether (sulfide) groups is 1. The number of phosphoric acid groups is 1. The van der Waals surface area contributed by atoms with Crippen molar-refractivity contribution in [1.29, 1.82) is 0 Å². The molecule has 3 rings (SSSR count). The van der Waals surface area contributed by atoms with Gasteiger partial charge < -0.3 is 19.3 Å². The van der Waals surface area contributed by atoms with E-state index in [0.717, 1.165) is 11.8 Å². The molecule has 2 heterocycles. The zero-order valence-corrected chi connectivity index (χ0v) is 27.5. The number of rotatable bonds is 13. The van der Waals surface area contributed by atoms with Crippen LogP contribution in [0.5, 0.6) is 5.75 Å². The summed E-state index contributed by atoms with van der Waals surface area (Å²) in [6.45, 7) is 9.02. The van der Waals surface area contributed by atoms with Gasteiger partial charge in [-0.05, 0) is 59.2 Å². The molecule has 0 aliphatic carbocycles. The van der Waals surface area contributed by atoms with Crippen LogP contribution in [0.3, 0.4) is 0 Å². The predicted molar refractivity (Wildman–Crippen MR) is 165 cm³/mol. The molecule has 1 unspecified atom stereocenters. The number of aryl methyl sites for hydroxylation is 1. The van der Waals surface area contributed by atoms with Gasteiger partial charge in [0, 0.05) is 28.8 Å². The Hall–Kier alpha value is -3.59. The number of H-pyrrole nitrogens is 1. The Kier molecular flexibility index (Phi) is 12.1. The molecule has 45 heavy (non-hydrogen) atoms. The lowest BCUT2D eigenvalue weighted by molar-refractivity contribution is -0.115. The smallest absolute Gasteiger partial charge is 0.444 e. The number of nitrogens with one attached hydrogen (secondary N) is 2. The Morgan fingerprint density at radius 2 is 1.89 bits per heavy atom. The molecule has 1 saturated heterocycles. The molecule has 1 aromatic carbocycles. The van der Waals surface area contributed by atoms with Gasteiger partial charge in [-0.1, -0.05) is 35.1 Å². The summed E-state index contributed by atoms with van der Waals surface area (Å²) < 4.78 is 42.7. The van der Waals surface area contributed by atoms with Gasteiger partial charge in [0.05, 0.1) is 25.4 Å². The summed E-state index contributed by atoms with van der Waals surface area (Å²) in [7, 11) is -4.35. The van der Waals surface area contributed by atoms with Crippen LogP contribution in [0.2, 0.25) is 0 Å². The minimum atomic E-state index is -4.35. The summed E-state index contributed by atoms with van der Waals surface area (Å²) in [5.41, 5.74) is 6.09. The van der Waals surface area contributed by atoms with E-state index in [1.165, 1.54) is 43.7 Å². The fourth-order valence-electron chi connectivity index (χ4n) is 3.96. The van der Waals surface area contributed by atoms with Gasteiger partial charge in [0.2, 0.25) is 5.12 Å². The molecule has 1 fully saturated rings. The molecule has 1 aromatic heterocycles. The summed E-state index contributed by atoms with van der Waals surface area (Å²) in [4.78, 5) is 54.2. The maximum Gasteiger partial charge on any atom is 0.530 e. The highest BCUT2D eigenvalue weighted by atomic mass is 32.2. The number of benzene rings is 1. The summed E-state index contributed by atoms with van der Waals surface area (Å²) in [6.07, 6.45) is -1.22. The molecule has 246 valence electrons. The lowest BCUT2D eigenvalue weighted by atomic mass is 10.1. The molecule has 1 amide bonds. The minimum Gasteiger partial charge on any atom is -0.444 e. The number of aromatic nitrogens is 2. The van der Waals surface area contributed by atoms with Crippen LogP contribution < -0.4 is 21.1 Å². The highest BCUT2D eigenvalue weighted by Gasteiger charge is 2.40. The average molecular weight is 669 g/mol. The zero-order chi connectivity index (χ0) is 33.4. The third-order valence-corrected chi connectivity index (χ3v) is 8.65. The quantitative estimate of drug-likeness (QED) is 0.0990. The second kappa shape index (κ2) is 15.1. The van der Waals surface area contributed by atoms with Crippen molar-refractivity contribution in [2.75, 3.05) is 19.0 Å². The maximum atomic E-state index is 13.7. The van der Waals surface area contributed by atoms with Crippen LogP contribution in [-0.4, -0.2) is 63.0 Å². The molecule has 4 atom stereocenters. The van der Waals surface area contributed by atoms with Gasteiger partial charge in [0.15, 0.2) is 0 Å². The van der Waals surface area contributed by atoms with E-state index in [4.69, 9.17) is 28.6 Å². The highest BCUT2D eigenvalue weighted by molar-refractivity contribution is 8.13. The van der Waals surface area contributed by atoms with E-state index in [1.807, 2.05) is 0 Å². The topological polar surface area (TPSA) is 213 Å². The lowest BCUT2D eigenvalue weighted by Gasteiger charge is -2.27. The first-order valence-corrected chi connectivity index (χ1v) is 16.3. The van der Waals surface area contributed by atoms with Crippen LogP contribution in [0.15, 0.2) is 51.2 Å². The zero-order valence-electron chi connectivity index (χ0n) is 25.8. The van der Waals surface area contributed by atoms with E-state index in [0.29, 0.717) is 0 Å². The van der Waals surface area contributed by atoms with Gasteiger partial charge in [0.1, 0.15) is 23.1 Å². The van der Waals surface area contributed by atoms with Gasteiger partial charge in [-0.2, -0.15) is 0 Å². The maximum absolute atomic E-state index is 13.7. The molecule has 1 aliphatic heterocycles. The standard InChI is InChI=1S/C27H37N6O10PS/c1-17-15-33(24(36)29-22(17)34)21-14-19(31-32-28)20(41-21)16-40-44(38,43-18-10-8-7-9-11-18)39-12-13-45-23(35)27(5,6)30-25(37)42-26(2,3)4/h7-11,15,19-21H,12-14,16H2,1-6H3,(H,30,37)(H,29,34,36)/t19-,20+,21+,44?/m0/s1. The molecule has 0 saturated carbocycles. The second-order valence-electron chi connectivity index (χ2n) is 11.5. The Morgan fingerprint density at radius 3 is 2.53 bits per heavy atom. The number of azide groups is 1.